The third-order valence-corrected chi connectivity index (χ3v) is 5.68. The molecule has 0 aliphatic heterocycles. The van der Waals surface area contributed by atoms with Gasteiger partial charge in [0.15, 0.2) is 6.61 Å². The molecule has 3 rings (SSSR count). The molecule has 0 spiro atoms. The molecule has 0 radical (unpaired) electrons. The molecule has 1 N–H and O–H groups in total. The van der Waals surface area contributed by atoms with Gasteiger partial charge in [0.1, 0.15) is 17.6 Å². The summed E-state index contributed by atoms with van der Waals surface area (Å²) in [5, 5.41) is 2.99. The number of benzene rings is 3. The van der Waals surface area contributed by atoms with Crippen LogP contribution in [0.25, 0.3) is 0 Å². The predicted molar refractivity (Wildman–Crippen MR) is 131 cm³/mol. The van der Waals surface area contributed by atoms with E-state index in [1.807, 2.05) is 62.4 Å². The first-order valence-electron chi connectivity index (χ1n) is 11.5. The highest BCUT2D eigenvalue weighted by Crippen LogP contribution is 2.18. The van der Waals surface area contributed by atoms with Gasteiger partial charge in [0, 0.05) is 24.6 Å². The minimum absolute atomic E-state index is 0.0465. The molecule has 0 bridgehead atoms. The third-order valence-electron chi connectivity index (χ3n) is 5.68. The number of hydrogen-bond donors (Lipinski definition) is 1. The van der Waals surface area contributed by atoms with E-state index in [9.17, 15) is 14.0 Å². The van der Waals surface area contributed by atoms with Gasteiger partial charge in [-0.15, -0.1) is 0 Å². The number of nitrogens with one attached hydrogen (secondary N) is 1. The first-order valence-corrected chi connectivity index (χ1v) is 11.5. The Balaban J connectivity index is 1.92. The number of carbonyl (C=O) groups is 2. The normalized spacial score (nSPS) is 12.4. The zero-order valence-electron chi connectivity index (χ0n) is 19.6. The molecule has 0 fully saturated rings. The van der Waals surface area contributed by atoms with E-state index in [4.69, 9.17) is 4.74 Å². The van der Waals surface area contributed by atoms with Crippen molar-refractivity contribution < 1.29 is 18.7 Å². The van der Waals surface area contributed by atoms with Crippen LogP contribution in [-0.4, -0.2) is 35.4 Å². The number of ether oxygens (including phenoxy) is 1. The molecule has 3 aromatic rings. The van der Waals surface area contributed by atoms with Crippen molar-refractivity contribution in [3.63, 3.8) is 0 Å². The molecule has 34 heavy (non-hydrogen) atoms. The molecular weight excluding hydrogens is 431 g/mol. The molecule has 2 amide bonds. The number of halogens is 1. The van der Waals surface area contributed by atoms with Crippen LogP contribution in [0, 0.1) is 5.82 Å². The zero-order chi connectivity index (χ0) is 24.3. The summed E-state index contributed by atoms with van der Waals surface area (Å²) in [4.78, 5) is 28.2. The van der Waals surface area contributed by atoms with Crippen molar-refractivity contribution in [1.82, 2.24) is 10.2 Å². The standard InChI is InChI=1S/C28H31FN2O3/c1-3-21(2)30-28(33)26(18-22-12-6-4-7-13-22)31(19-23-14-10-11-17-25(23)29)27(32)20-34-24-15-8-5-9-16-24/h4-17,21,26H,3,18-20H2,1-2H3,(H,30,33). The Bertz CT molecular complexity index is 1060. The van der Waals surface area contributed by atoms with Gasteiger partial charge in [-0.2, -0.15) is 0 Å². The molecular formula is C28H31FN2O3. The maximum Gasteiger partial charge on any atom is 0.261 e. The van der Waals surface area contributed by atoms with Crippen molar-refractivity contribution >= 4 is 11.8 Å². The van der Waals surface area contributed by atoms with Gasteiger partial charge >= 0.3 is 0 Å². The Morgan fingerprint density at radius 2 is 1.56 bits per heavy atom. The van der Waals surface area contributed by atoms with E-state index in [-0.39, 0.29) is 25.1 Å². The van der Waals surface area contributed by atoms with Crippen molar-refractivity contribution in [2.24, 2.45) is 0 Å². The summed E-state index contributed by atoms with van der Waals surface area (Å²) in [7, 11) is 0. The summed E-state index contributed by atoms with van der Waals surface area (Å²) < 4.78 is 20.2. The van der Waals surface area contributed by atoms with Crippen LogP contribution < -0.4 is 10.1 Å². The largest absolute Gasteiger partial charge is 0.484 e. The Hall–Kier alpha value is -3.67. The number of carbonyl (C=O) groups excluding carboxylic acids is 2. The second-order valence-corrected chi connectivity index (χ2v) is 8.24. The molecule has 0 saturated heterocycles. The molecule has 2 atom stereocenters. The van der Waals surface area contributed by atoms with E-state index in [1.165, 1.54) is 11.0 Å². The van der Waals surface area contributed by atoms with Gasteiger partial charge in [-0.1, -0.05) is 73.7 Å². The molecule has 0 aliphatic rings. The predicted octanol–water partition coefficient (Wildman–Crippen LogP) is 4.76. The number of hydrogen-bond acceptors (Lipinski definition) is 3. The molecule has 0 saturated carbocycles. The van der Waals surface area contributed by atoms with Crippen LogP contribution in [0.2, 0.25) is 0 Å². The Morgan fingerprint density at radius 1 is 0.941 bits per heavy atom. The maximum absolute atomic E-state index is 14.6. The lowest BCUT2D eigenvalue weighted by atomic mass is 10.0. The fraction of sp³-hybridized carbons (Fsp3) is 0.286. The number of para-hydroxylation sites is 1. The van der Waals surface area contributed by atoms with Crippen LogP contribution in [0.5, 0.6) is 5.75 Å². The van der Waals surface area contributed by atoms with Crippen molar-refractivity contribution in [3.8, 4) is 5.75 Å². The van der Waals surface area contributed by atoms with Gasteiger partial charge in [0.05, 0.1) is 0 Å². The molecule has 0 heterocycles. The minimum Gasteiger partial charge on any atom is -0.484 e. The Labute approximate surface area is 200 Å². The maximum atomic E-state index is 14.6. The molecule has 0 aliphatic carbocycles. The van der Waals surface area contributed by atoms with Crippen LogP contribution in [0.3, 0.4) is 0 Å². The minimum atomic E-state index is -0.831. The quantitative estimate of drug-likeness (QED) is 0.447. The van der Waals surface area contributed by atoms with Crippen LogP contribution in [-0.2, 0) is 22.6 Å². The molecule has 0 aromatic heterocycles. The summed E-state index contributed by atoms with van der Waals surface area (Å²) >= 11 is 0. The average Bonchev–Trinajstić information content (AvgIpc) is 2.86. The first kappa shape index (κ1) is 25.0. The third kappa shape index (κ3) is 7.17. The van der Waals surface area contributed by atoms with Gasteiger partial charge in [0.2, 0.25) is 5.91 Å². The Morgan fingerprint density at radius 3 is 2.21 bits per heavy atom. The SMILES string of the molecule is CCC(C)NC(=O)C(Cc1ccccc1)N(Cc1ccccc1F)C(=O)COc1ccccc1. The summed E-state index contributed by atoms with van der Waals surface area (Å²) in [6, 6.07) is 23.9. The molecule has 2 unspecified atom stereocenters. The van der Waals surface area contributed by atoms with E-state index in [0.29, 0.717) is 17.7 Å². The highest BCUT2D eigenvalue weighted by Gasteiger charge is 2.31. The van der Waals surface area contributed by atoms with E-state index in [2.05, 4.69) is 5.32 Å². The number of nitrogens with zero attached hydrogens (tertiary/aromatic N) is 1. The lowest BCUT2D eigenvalue weighted by Gasteiger charge is -2.32. The van der Waals surface area contributed by atoms with Crippen LogP contribution >= 0.6 is 0 Å². The van der Waals surface area contributed by atoms with Crippen LogP contribution in [0.4, 0.5) is 4.39 Å². The van der Waals surface area contributed by atoms with E-state index < -0.39 is 17.8 Å². The van der Waals surface area contributed by atoms with Crippen molar-refractivity contribution in [2.45, 2.75) is 45.3 Å². The lowest BCUT2D eigenvalue weighted by molar-refractivity contribution is -0.143. The average molecular weight is 463 g/mol. The fourth-order valence-corrected chi connectivity index (χ4v) is 3.55. The topological polar surface area (TPSA) is 58.6 Å². The van der Waals surface area contributed by atoms with E-state index in [1.54, 1.807) is 30.3 Å². The summed E-state index contributed by atoms with van der Waals surface area (Å²) in [6.07, 6.45) is 1.05. The van der Waals surface area contributed by atoms with Gasteiger partial charge in [-0.25, -0.2) is 4.39 Å². The zero-order valence-corrected chi connectivity index (χ0v) is 19.6. The molecule has 3 aromatic carbocycles. The second-order valence-electron chi connectivity index (χ2n) is 8.24. The van der Waals surface area contributed by atoms with Gasteiger partial charge in [-0.05, 0) is 37.1 Å². The number of rotatable bonds is 11. The highest BCUT2D eigenvalue weighted by molar-refractivity contribution is 5.88. The van der Waals surface area contributed by atoms with E-state index >= 15 is 0 Å². The van der Waals surface area contributed by atoms with Crippen molar-refractivity contribution in [3.05, 3.63) is 102 Å². The van der Waals surface area contributed by atoms with Crippen molar-refractivity contribution in [2.75, 3.05) is 6.61 Å². The second kappa shape index (κ2) is 12.5. The van der Waals surface area contributed by atoms with Gasteiger partial charge < -0.3 is 15.0 Å². The molecule has 6 heteroatoms. The summed E-state index contributed by atoms with van der Waals surface area (Å²) in [5.74, 6) is -0.551. The first-order chi connectivity index (χ1) is 16.5. The summed E-state index contributed by atoms with van der Waals surface area (Å²) in [6.45, 7) is 3.58. The van der Waals surface area contributed by atoms with Crippen LogP contribution in [0.1, 0.15) is 31.4 Å². The Kier molecular flexibility index (Phi) is 9.21. The summed E-state index contributed by atoms with van der Waals surface area (Å²) in [5.41, 5.74) is 1.24. The smallest absolute Gasteiger partial charge is 0.261 e. The molecule has 178 valence electrons. The van der Waals surface area contributed by atoms with Crippen molar-refractivity contribution in [1.29, 1.82) is 0 Å². The molecule has 5 nitrogen and oxygen atoms in total. The highest BCUT2D eigenvalue weighted by atomic mass is 19.1. The van der Waals surface area contributed by atoms with Crippen LogP contribution in [0.15, 0.2) is 84.9 Å². The van der Waals surface area contributed by atoms with E-state index in [0.717, 1.165) is 12.0 Å². The number of amides is 2. The van der Waals surface area contributed by atoms with Gasteiger partial charge in [0.25, 0.3) is 5.91 Å². The van der Waals surface area contributed by atoms with Gasteiger partial charge in [-0.3, -0.25) is 9.59 Å². The monoisotopic (exact) mass is 462 g/mol. The lowest BCUT2D eigenvalue weighted by Crippen LogP contribution is -2.53. The fourth-order valence-electron chi connectivity index (χ4n) is 3.55.